The molecule has 3 aromatic carbocycles. The number of H-pyrrole nitrogens is 1. The molecule has 6 rings (SSSR count). The number of halogens is 3. The van der Waals surface area contributed by atoms with Gasteiger partial charge in [-0.15, -0.1) is 0 Å². The van der Waals surface area contributed by atoms with Gasteiger partial charge in [0.15, 0.2) is 0 Å². The Morgan fingerprint density at radius 3 is 2.75 bits per heavy atom. The smallest absolute Gasteiger partial charge is 0.391 e. The number of nitrogens with one attached hydrogen (secondary N) is 2. The number of aryl methyl sites for hydroxylation is 1. The third-order valence-electron chi connectivity index (χ3n) is 7.35. The van der Waals surface area contributed by atoms with E-state index in [4.69, 9.17) is 0 Å². The predicted molar refractivity (Wildman–Crippen MR) is 148 cm³/mol. The number of fused-ring (bicyclic) bond motifs is 3. The first-order chi connectivity index (χ1) is 19.2. The average molecular weight is 546 g/mol. The lowest BCUT2D eigenvalue weighted by atomic mass is 9.98. The van der Waals surface area contributed by atoms with Gasteiger partial charge >= 0.3 is 6.18 Å². The molecule has 3 heterocycles. The minimum Gasteiger partial charge on any atom is -0.391 e. The predicted octanol–water partition coefficient (Wildman–Crippen LogP) is 6.32. The molecule has 7 nitrogen and oxygen atoms in total. The summed E-state index contributed by atoms with van der Waals surface area (Å²) in [5, 5.41) is 14.7. The van der Waals surface area contributed by atoms with Crippen molar-refractivity contribution in [3.05, 3.63) is 83.8 Å². The second-order valence-corrected chi connectivity index (χ2v) is 10.2. The number of aromatic nitrogens is 3. The Hall–Kier alpha value is -4.44. The SMILES string of the molecule is Cc1ccc(NC(=O)c2cc(N3CCCC(O)C3)cc(C(F)(F)F)c2)cc1-c1ccc2c(c1)[nH]c1ncncc12. The lowest BCUT2D eigenvalue weighted by Crippen LogP contribution is -2.38. The summed E-state index contributed by atoms with van der Waals surface area (Å²) in [6, 6.07) is 14.7. The van der Waals surface area contributed by atoms with E-state index >= 15 is 0 Å². The molecule has 1 fully saturated rings. The minimum absolute atomic E-state index is 0.104. The molecular formula is C30H26F3N5O2. The van der Waals surface area contributed by atoms with Gasteiger partial charge in [-0.25, -0.2) is 9.97 Å². The number of aromatic amines is 1. The van der Waals surface area contributed by atoms with Crippen LogP contribution < -0.4 is 10.2 Å². The summed E-state index contributed by atoms with van der Waals surface area (Å²) >= 11 is 0. The Morgan fingerprint density at radius 1 is 1.10 bits per heavy atom. The molecule has 0 spiro atoms. The van der Waals surface area contributed by atoms with Crippen LogP contribution in [0.15, 0.2) is 67.1 Å². The maximum Gasteiger partial charge on any atom is 0.416 e. The second kappa shape index (κ2) is 9.95. The molecule has 204 valence electrons. The van der Waals surface area contributed by atoms with Crippen molar-refractivity contribution in [1.29, 1.82) is 0 Å². The van der Waals surface area contributed by atoms with Crippen molar-refractivity contribution >= 4 is 39.2 Å². The zero-order valence-corrected chi connectivity index (χ0v) is 21.6. The minimum atomic E-state index is -4.62. The van der Waals surface area contributed by atoms with Crippen molar-refractivity contribution in [2.45, 2.75) is 32.0 Å². The number of aliphatic hydroxyl groups is 1. The number of aliphatic hydroxyl groups excluding tert-OH is 1. The van der Waals surface area contributed by atoms with E-state index in [2.05, 4.69) is 20.3 Å². The maximum atomic E-state index is 13.7. The summed E-state index contributed by atoms with van der Waals surface area (Å²) in [6.07, 6.45) is -0.748. The van der Waals surface area contributed by atoms with Gasteiger partial charge in [0.1, 0.15) is 12.0 Å². The highest BCUT2D eigenvalue weighted by Gasteiger charge is 2.33. The number of alkyl halides is 3. The van der Waals surface area contributed by atoms with Crippen molar-refractivity contribution in [2.24, 2.45) is 0 Å². The molecule has 1 atom stereocenters. The van der Waals surface area contributed by atoms with Crippen LogP contribution in [0.5, 0.6) is 0 Å². The molecule has 1 aliphatic rings. The van der Waals surface area contributed by atoms with Crippen molar-refractivity contribution in [3.63, 3.8) is 0 Å². The van der Waals surface area contributed by atoms with Crippen LogP contribution >= 0.6 is 0 Å². The second-order valence-electron chi connectivity index (χ2n) is 10.2. The molecule has 0 saturated carbocycles. The van der Waals surface area contributed by atoms with E-state index in [1.54, 1.807) is 17.2 Å². The molecule has 1 aliphatic heterocycles. The molecule has 1 unspecified atom stereocenters. The molecule has 0 aliphatic carbocycles. The molecule has 0 radical (unpaired) electrons. The van der Waals surface area contributed by atoms with Crippen LogP contribution in [0.3, 0.4) is 0 Å². The third-order valence-corrected chi connectivity index (χ3v) is 7.35. The zero-order chi connectivity index (χ0) is 28.0. The average Bonchev–Trinajstić information content (AvgIpc) is 3.31. The number of amides is 1. The number of piperidine rings is 1. The number of β-amino-alcohol motifs (C(OH)–C–C–N with tert-alkyl or cyclic N) is 1. The number of rotatable bonds is 4. The van der Waals surface area contributed by atoms with Gasteiger partial charge in [0.25, 0.3) is 5.91 Å². The van der Waals surface area contributed by atoms with Gasteiger partial charge in [-0.1, -0.05) is 18.2 Å². The molecule has 5 aromatic rings. The molecule has 3 N–H and O–H groups in total. The summed E-state index contributed by atoms with van der Waals surface area (Å²) in [6.45, 7) is 2.68. The van der Waals surface area contributed by atoms with E-state index in [1.165, 1.54) is 12.4 Å². The van der Waals surface area contributed by atoms with Crippen LogP contribution in [0.4, 0.5) is 24.5 Å². The van der Waals surface area contributed by atoms with Crippen LogP contribution in [-0.4, -0.2) is 45.2 Å². The molecular weight excluding hydrogens is 519 g/mol. The molecule has 1 saturated heterocycles. The Labute approximate surface area is 227 Å². The number of benzene rings is 3. The molecule has 10 heteroatoms. The van der Waals surface area contributed by atoms with Crippen molar-refractivity contribution in [1.82, 2.24) is 15.0 Å². The van der Waals surface area contributed by atoms with Gasteiger partial charge in [-0.2, -0.15) is 13.2 Å². The van der Waals surface area contributed by atoms with Gasteiger partial charge < -0.3 is 20.3 Å². The van der Waals surface area contributed by atoms with Gasteiger partial charge in [0, 0.05) is 52.5 Å². The Morgan fingerprint density at radius 2 is 1.95 bits per heavy atom. The number of carbonyl (C=O) groups excluding carboxylic acids is 1. The largest absolute Gasteiger partial charge is 0.416 e. The van der Waals surface area contributed by atoms with Crippen molar-refractivity contribution < 1.29 is 23.1 Å². The first kappa shape index (κ1) is 25.8. The number of carbonyl (C=O) groups is 1. The van der Waals surface area contributed by atoms with Gasteiger partial charge in [-0.3, -0.25) is 4.79 Å². The highest BCUT2D eigenvalue weighted by molar-refractivity contribution is 6.07. The summed E-state index contributed by atoms with van der Waals surface area (Å²) < 4.78 is 41.2. The Kier molecular flexibility index (Phi) is 6.42. The lowest BCUT2D eigenvalue weighted by molar-refractivity contribution is -0.137. The van der Waals surface area contributed by atoms with Gasteiger partial charge in [0.05, 0.1) is 11.7 Å². The van der Waals surface area contributed by atoms with E-state index in [0.29, 0.717) is 25.1 Å². The highest BCUT2D eigenvalue weighted by atomic mass is 19.4. The van der Waals surface area contributed by atoms with E-state index in [9.17, 15) is 23.1 Å². The quantitative estimate of drug-likeness (QED) is 0.246. The maximum absolute atomic E-state index is 13.7. The van der Waals surface area contributed by atoms with Crippen molar-refractivity contribution in [3.8, 4) is 11.1 Å². The van der Waals surface area contributed by atoms with E-state index in [0.717, 1.165) is 50.8 Å². The molecule has 1 amide bonds. The van der Waals surface area contributed by atoms with Crippen LogP contribution in [0.2, 0.25) is 0 Å². The topological polar surface area (TPSA) is 94.1 Å². The summed E-state index contributed by atoms with van der Waals surface area (Å²) in [5.74, 6) is -0.649. The van der Waals surface area contributed by atoms with E-state index < -0.39 is 23.8 Å². The fourth-order valence-electron chi connectivity index (χ4n) is 5.30. The van der Waals surface area contributed by atoms with Crippen LogP contribution in [0, 0.1) is 6.92 Å². The fourth-order valence-corrected chi connectivity index (χ4v) is 5.30. The fraction of sp³-hybridized carbons (Fsp3) is 0.233. The normalized spacial score (nSPS) is 16.0. The van der Waals surface area contributed by atoms with Crippen LogP contribution in [0.1, 0.15) is 34.3 Å². The Balaban J connectivity index is 1.32. The Bertz CT molecular complexity index is 1750. The van der Waals surface area contributed by atoms with Crippen LogP contribution in [0.25, 0.3) is 33.1 Å². The number of nitrogens with zero attached hydrogens (tertiary/aromatic N) is 3. The summed E-state index contributed by atoms with van der Waals surface area (Å²) in [4.78, 5) is 26.6. The molecule has 0 bridgehead atoms. The standard InChI is InChI=1S/C30H26F3N5O2/c1-17-4-6-21(13-25(17)18-5-7-24-26-14-34-16-35-28(26)37-27(24)11-18)36-29(40)19-9-20(30(31,32)33)12-22(10-19)38-8-2-3-23(39)15-38/h4-7,9-14,16,23,39H,2-3,8,15H2,1H3,(H,36,40)(H,34,35,37). The molecule has 2 aromatic heterocycles. The van der Waals surface area contributed by atoms with Gasteiger partial charge in [-0.05, 0) is 72.9 Å². The van der Waals surface area contributed by atoms with E-state index in [-0.39, 0.29) is 17.8 Å². The van der Waals surface area contributed by atoms with Crippen molar-refractivity contribution in [2.75, 3.05) is 23.3 Å². The first-order valence-corrected chi connectivity index (χ1v) is 12.9. The number of hydrogen-bond donors (Lipinski definition) is 3. The number of hydrogen-bond acceptors (Lipinski definition) is 5. The van der Waals surface area contributed by atoms with E-state index in [1.807, 2.05) is 37.3 Å². The summed E-state index contributed by atoms with van der Waals surface area (Å²) in [5.41, 5.74) is 4.09. The molecule has 40 heavy (non-hydrogen) atoms. The summed E-state index contributed by atoms with van der Waals surface area (Å²) in [7, 11) is 0. The lowest BCUT2D eigenvalue weighted by Gasteiger charge is -2.32. The first-order valence-electron chi connectivity index (χ1n) is 12.9. The van der Waals surface area contributed by atoms with Gasteiger partial charge in [0.2, 0.25) is 0 Å². The number of anilines is 2. The van der Waals surface area contributed by atoms with Crippen LogP contribution in [-0.2, 0) is 6.18 Å². The highest BCUT2D eigenvalue weighted by Crippen LogP contribution is 2.35. The monoisotopic (exact) mass is 545 g/mol. The zero-order valence-electron chi connectivity index (χ0n) is 21.6. The third kappa shape index (κ3) is 4.98.